The summed E-state index contributed by atoms with van der Waals surface area (Å²) in [5, 5.41) is 2.59. The molecule has 1 saturated carbocycles. The normalized spacial score (nSPS) is 18.2. The highest BCUT2D eigenvalue weighted by atomic mass is 32.1. The third kappa shape index (κ3) is 8.42. The van der Waals surface area contributed by atoms with Gasteiger partial charge in [0.2, 0.25) is 0 Å². The number of fused-ring (bicyclic) bond motifs is 10. The molecule has 3 aliphatic heterocycles. The molecule has 0 spiro atoms. The van der Waals surface area contributed by atoms with E-state index in [9.17, 15) is 0 Å². The van der Waals surface area contributed by atoms with Crippen molar-refractivity contribution in [2.45, 2.75) is 155 Å². The van der Waals surface area contributed by atoms with Crippen molar-refractivity contribution in [3.8, 4) is 0 Å². The zero-order valence-corrected chi connectivity index (χ0v) is 52.8. The van der Waals surface area contributed by atoms with Gasteiger partial charge < -0.3 is 19.6 Å². The van der Waals surface area contributed by atoms with Crippen molar-refractivity contribution in [3.63, 3.8) is 0 Å². The summed E-state index contributed by atoms with van der Waals surface area (Å²) < 4.78 is 2.60. The van der Waals surface area contributed by atoms with Gasteiger partial charge in [-0.25, -0.2) is 0 Å². The Kier molecular flexibility index (Phi) is 12.3. The van der Waals surface area contributed by atoms with E-state index in [0.29, 0.717) is 0 Å². The van der Waals surface area contributed by atoms with Gasteiger partial charge in [-0.3, -0.25) is 0 Å². The fraction of sp³-hybridized carbons (Fsp3) is 0.308. The highest BCUT2D eigenvalue weighted by Gasteiger charge is 2.61. The molecule has 4 aliphatic rings. The first-order valence-corrected chi connectivity index (χ1v) is 31.7. The van der Waals surface area contributed by atoms with Gasteiger partial charge in [0.15, 0.2) is 0 Å². The number of thiophene rings is 1. The Balaban J connectivity index is 1.09. The van der Waals surface area contributed by atoms with Crippen molar-refractivity contribution in [2.75, 3.05) is 19.6 Å². The number of para-hydroxylation sites is 1. The van der Waals surface area contributed by atoms with Gasteiger partial charge in [0.05, 0.1) is 16.9 Å². The van der Waals surface area contributed by atoms with E-state index in [-0.39, 0.29) is 39.3 Å². The number of nitrogens with zero attached hydrogens (tertiary/aromatic N) is 4. The molecule has 0 N–H and O–H groups in total. The Morgan fingerprint density at radius 3 is 1.44 bits per heavy atom. The minimum absolute atomic E-state index is 0.0110. The molecule has 10 aromatic rings. The summed E-state index contributed by atoms with van der Waals surface area (Å²) >= 11 is 1.90. The highest BCUT2D eigenvalue weighted by Crippen LogP contribution is 2.62. The van der Waals surface area contributed by atoms with Crippen LogP contribution in [0.2, 0.25) is 0 Å². The molecule has 1 fully saturated rings. The fourth-order valence-corrected chi connectivity index (χ4v) is 16.2. The Hall–Kier alpha value is -7.54. The van der Waals surface area contributed by atoms with Gasteiger partial charge in [-0.05, 0) is 183 Å². The molecular formula is C78H81BN4S. The zero-order chi connectivity index (χ0) is 58.6. The van der Waals surface area contributed by atoms with E-state index in [2.05, 4.69) is 305 Å². The molecule has 84 heavy (non-hydrogen) atoms. The van der Waals surface area contributed by atoms with Crippen LogP contribution in [0.1, 0.15) is 150 Å². The van der Waals surface area contributed by atoms with Gasteiger partial charge >= 0.3 is 0 Å². The van der Waals surface area contributed by atoms with E-state index in [4.69, 9.17) is 0 Å². The van der Waals surface area contributed by atoms with Gasteiger partial charge in [-0.15, -0.1) is 11.3 Å². The second-order valence-corrected chi connectivity index (χ2v) is 30.5. The van der Waals surface area contributed by atoms with Crippen LogP contribution in [0, 0.1) is 0 Å². The number of rotatable bonds is 7. The Morgan fingerprint density at radius 1 is 0.417 bits per heavy atom. The predicted octanol–water partition coefficient (Wildman–Crippen LogP) is 20.5. The van der Waals surface area contributed by atoms with Crippen molar-refractivity contribution in [1.82, 2.24) is 0 Å². The van der Waals surface area contributed by atoms with Crippen molar-refractivity contribution >= 4 is 117 Å². The van der Waals surface area contributed by atoms with Crippen LogP contribution in [0.25, 0.3) is 20.2 Å². The molecule has 0 radical (unpaired) electrons. The lowest BCUT2D eigenvalue weighted by atomic mass is 9.33. The van der Waals surface area contributed by atoms with Gasteiger partial charge in [0.1, 0.15) is 0 Å². The van der Waals surface area contributed by atoms with Crippen LogP contribution in [-0.2, 0) is 27.1 Å². The molecule has 422 valence electrons. The van der Waals surface area contributed by atoms with Crippen molar-refractivity contribution in [3.05, 3.63) is 216 Å². The molecule has 4 heterocycles. The van der Waals surface area contributed by atoms with E-state index >= 15 is 0 Å². The number of hydrogen-bond acceptors (Lipinski definition) is 5. The largest absolute Gasteiger partial charge is 0.335 e. The van der Waals surface area contributed by atoms with E-state index in [0.717, 1.165) is 47.0 Å². The molecule has 14 rings (SSSR count). The van der Waals surface area contributed by atoms with Crippen LogP contribution >= 0.6 is 11.3 Å². The standard InChI is InChI=1S/C78H81BN4S/c1-73(2,3)50-27-35-54(36-28-50)80(55-37-29-51(30-38-55)74(4,5)6)58-43-44-64-63(47-58)79-62-23-19-22-61-72(62)83(78(14)46-18-17-45-77(61,78)13)67-49-59(48-66(71(67)79)82(64)65-24-20-26-69-70(65)60-21-15-16-25-68(60)84-69)81(56-39-31-52(32-40-56)75(7,8)9)57-41-33-53(34-42-57)76(10,11)12/h15-16,19-44,47-49H,17-18,45-46H2,1-14H3. The molecule has 1 aliphatic carbocycles. The first kappa shape index (κ1) is 54.4. The van der Waals surface area contributed by atoms with Gasteiger partial charge in [-0.2, -0.15) is 0 Å². The lowest BCUT2D eigenvalue weighted by Gasteiger charge is -2.53. The summed E-state index contributed by atoms with van der Waals surface area (Å²) in [7, 11) is 0. The van der Waals surface area contributed by atoms with Gasteiger partial charge in [-0.1, -0.05) is 194 Å². The van der Waals surface area contributed by atoms with Crippen LogP contribution < -0.4 is 36.0 Å². The van der Waals surface area contributed by atoms with Crippen LogP contribution in [0.15, 0.2) is 188 Å². The Morgan fingerprint density at radius 2 is 0.893 bits per heavy atom. The van der Waals surface area contributed by atoms with E-state index in [1.54, 1.807) is 0 Å². The van der Waals surface area contributed by atoms with Crippen LogP contribution in [0.4, 0.5) is 62.6 Å². The first-order valence-electron chi connectivity index (χ1n) is 30.9. The summed E-state index contributed by atoms with van der Waals surface area (Å²) in [6.45, 7) is 32.9. The minimum Gasteiger partial charge on any atom is -0.335 e. The molecule has 6 heteroatoms. The number of benzene rings is 9. The lowest BCUT2D eigenvalue weighted by molar-refractivity contribution is 0.195. The van der Waals surface area contributed by atoms with Gasteiger partial charge in [0, 0.05) is 76.8 Å². The number of anilines is 11. The SMILES string of the molecule is CC(C)(C)c1ccc(N(c2ccc(C(C)(C)C)cc2)c2ccc3c(c2)B2c4cccc5c4N(c4cc(N(c6ccc(C(C)(C)C)cc6)c6ccc(C(C)(C)C)cc6)cc(c42)N3c2cccc3sc4ccccc4c23)C2(C)CCCCC52C)cc1. The third-order valence-electron chi connectivity index (χ3n) is 20.0. The predicted molar refractivity (Wildman–Crippen MR) is 366 cm³/mol. The first-order chi connectivity index (χ1) is 39.9. The monoisotopic (exact) mass is 1120 g/mol. The van der Waals surface area contributed by atoms with Crippen molar-refractivity contribution in [1.29, 1.82) is 0 Å². The summed E-state index contributed by atoms with van der Waals surface area (Å²) in [5.74, 6) is 0. The van der Waals surface area contributed by atoms with E-state index in [1.807, 2.05) is 11.3 Å². The quantitative estimate of drug-likeness (QED) is 0.147. The highest BCUT2D eigenvalue weighted by molar-refractivity contribution is 7.26. The Labute approximate surface area is 504 Å². The summed E-state index contributed by atoms with van der Waals surface area (Å²) in [6, 6.07) is 73.7. The summed E-state index contributed by atoms with van der Waals surface area (Å²) in [6.07, 6.45) is 4.72. The third-order valence-corrected chi connectivity index (χ3v) is 21.2. The van der Waals surface area contributed by atoms with Crippen LogP contribution in [0.5, 0.6) is 0 Å². The van der Waals surface area contributed by atoms with E-state index < -0.39 is 0 Å². The lowest BCUT2D eigenvalue weighted by Crippen LogP contribution is -2.64. The molecule has 4 nitrogen and oxygen atoms in total. The maximum absolute atomic E-state index is 2.90. The maximum Gasteiger partial charge on any atom is 0.252 e. The molecule has 0 bridgehead atoms. The summed E-state index contributed by atoms with van der Waals surface area (Å²) in [5.41, 5.74) is 24.0. The average molecular weight is 1120 g/mol. The number of hydrogen-bond donors (Lipinski definition) is 0. The van der Waals surface area contributed by atoms with E-state index in [1.165, 1.54) is 106 Å². The van der Waals surface area contributed by atoms with Gasteiger partial charge in [0.25, 0.3) is 6.71 Å². The van der Waals surface area contributed by atoms with Crippen molar-refractivity contribution < 1.29 is 0 Å². The summed E-state index contributed by atoms with van der Waals surface area (Å²) in [4.78, 5) is 10.6. The minimum atomic E-state index is -0.166. The molecule has 1 aromatic heterocycles. The second kappa shape index (κ2) is 19.0. The van der Waals surface area contributed by atoms with Crippen LogP contribution in [-0.4, -0.2) is 12.3 Å². The van der Waals surface area contributed by atoms with Crippen LogP contribution in [0.3, 0.4) is 0 Å². The molecule has 0 amide bonds. The molecular weight excluding hydrogens is 1040 g/mol. The smallest absolute Gasteiger partial charge is 0.252 e. The maximum atomic E-state index is 2.90. The van der Waals surface area contributed by atoms with Crippen molar-refractivity contribution in [2.24, 2.45) is 0 Å². The molecule has 2 unspecified atom stereocenters. The zero-order valence-electron chi connectivity index (χ0n) is 52.0. The molecule has 2 atom stereocenters. The molecule has 0 saturated heterocycles. The topological polar surface area (TPSA) is 13.0 Å². The molecule has 9 aromatic carbocycles. The second-order valence-electron chi connectivity index (χ2n) is 29.4. The Bertz CT molecular complexity index is 4110. The average Bonchev–Trinajstić information content (AvgIpc) is 1.42. The fourth-order valence-electron chi connectivity index (χ4n) is 15.1.